The van der Waals surface area contributed by atoms with Crippen molar-refractivity contribution in [2.75, 3.05) is 32.8 Å². The Hall–Kier alpha value is -2.18. The lowest BCUT2D eigenvalue weighted by Gasteiger charge is -2.37. The van der Waals surface area contributed by atoms with Gasteiger partial charge in [-0.3, -0.25) is 9.59 Å². The van der Waals surface area contributed by atoms with Gasteiger partial charge >= 0.3 is 0 Å². The maximum Gasteiger partial charge on any atom is 0.242 e. The van der Waals surface area contributed by atoms with Crippen molar-refractivity contribution in [1.82, 2.24) is 9.80 Å². The van der Waals surface area contributed by atoms with Gasteiger partial charge in [-0.1, -0.05) is 37.3 Å². The minimum Gasteiger partial charge on any atom is -0.382 e. The fourth-order valence-corrected chi connectivity index (χ4v) is 4.90. The molecular formula is C24H32N2O3S. The largest absolute Gasteiger partial charge is 0.382 e. The third-order valence-electron chi connectivity index (χ3n) is 5.47. The van der Waals surface area contributed by atoms with E-state index >= 15 is 0 Å². The quantitative estimate of drug-likeness (QED) is 0.531. The summed E-state index contributed by atoms with van der Waals surface area (Å²) in [4.78, 5) is 31.1. The first-order valence-electron chi connectivity index (χ1n) is 10.9. The molecule has 1 aromatic heterocycles. The summed E-state index contributed by atoms with van der Waals surface area (Å²) in [5.74, 6) is 0.0633. The van der Waals surface area contributed by atoms with Crippen LogP contribution in [0.5, 0.6) is 0 Å². The fraction of sp³-hybridized carbons (Fsp3) is 0.500. The van der Waals surface area contributed by atoms with Crippen LogP contribution in [-0.4, -0.2) is 54.5 Å². The molecule has 0 bridgehead atoms. The summed E-state index contributed by atoms with van der Waals surface area (Å²) in [7, 11) is 0. The standard InChI is InChI=1S/C24H32N2O3S/c1-3-9-22(27)25(14-8-16-29-4-2)18-23(28)26-15-12-21-20(13-17-30-21)24(26)19-10-6-5-7-11-19/h5-7,10-11,13,17,24H,3-4,8-9,12,14-16,18H2,1-2H3/t24-/m0/s1. The first kappa shape index (κ1) is 22.5. The van der Waals surface area contributed by atoms with Crippen molar-refractivity contribution in [2.24, 2.45) is 0 Å². The zero-order chi connectivity index (χ0) is 21.3. The minimum atomic E-state index is -0.0831. The molecule has 0 fully saturated rings. The molecule has 0 aliphatic carbocycles. The van der Waals surface area contributed by atoms with E-state index in [1.54, 1.807) is 16.2 Å². The molecular weight excluding hydrogens is 396 g/mol. The van der Waals surface area contributed by atoms with Crippen LogP contribution in [0.4, 0.5) is 0 Å². The summed E-state index contributed by atoms with van der Waals surface area (Å²) < 4.78 is 5.42. The Morgan fingerprint density at radius 2 is 2.00 bits per heavy atom. The molecule has 1 atom stereocenters. The van der Waals surface area contributed by atoms with Gasteiger partial charge in [0, 0.05) is 37.6 Å². The number of thiophene rings is 1. The molecule has 0 saturated carbocycles. The second kappa shape index (κ2) is 11.3. The SMILES string of the molecule is CCCC(=O)N(CCCOCC)CC(=O)N1CCc2sccc2[C@@H]1c1ccccc1. The summed E-state index contributed by atoms with van der Waals surface area (Å²) >= 11 is 1.76. The Bertz CT molecular complexity index is 821. The summed E-state index contributed by atoms with van der Waals surface area (Å²) in [6.07, 6.45) is 2.87. The summed E-state index contributed by atoms with van der Waals surface area (Å²) in [5.41, 5.74) is 2.33. The number of nitrogens with zero attached hydrogens (tertiary/aromatic N) is 2. The number of amides is 2. The van der Waals surface area contributed by atoms with Crippen molar-refractivity contribution in [3.8, 4) is 0 Å². The van der Waals surface area contributed by atoms with Crippen molar-refractivity contribution in [2.45, 2.75) is 45.6 Å². The van der Waals surface area contributed by atoms with Crippen molar-refractivity contribution in [1.29, 1.82) is 0 Å². The lowest BCUT2D eigenvalue weighted by atomic mass is 9.93. The zero-order valence-corrected chi connectivity index (χ0v) is 18.8. The van der Waals surface area contributed by atoms with E-state index in [0.717, 1.165) is 24.8 Å². The molecule has 162 valence electrons. The lowest BCUT2D eigenvalue weighted by Crippen LogP contribution is -2.47. The van der Waals surface area contributed by atoms with Crippen LogP contribution in [0.1, 0.15) is 55.2 Å². The third-order valence-corrected chi connectivity index (χ3v) is 6.46. The Labute approximate surface area is 183 Å². The molecule has 1 aliphatic rings. The van der Waals surface area contributed by atoms with Crippen LogP contribution in [0.2, 0.25) is 0 Å². The summed E-state index contributed by atoms with van der Waals surface area (Å²) in [6, 6.07) is 12.3. The van der Waals surface area contributed by atoms with Gasteiger partial charge in [-0.15, -0.1) is 11.3 Å². The summed E-state index contributed by atoms with van der Waals surface area (Å²) in [6.45, 7) is 6.59. The predicted molar refractivity (Wildman–Crippen MR) is 121 cm³/mol. The van der Waals surface area contributed by atoms with Crippen molar-refractivity contribution < 1.29 is 14.3 Å². The number of carbonyl (C=O) groups is 2. The molecule has 0 saturated heterocycles. The number of carbonyl (C=O) groups excluding carboxylic acids is 2. The van der Waals surface area contributed by atoms with E-state index in [4.69, 9.17) is 4.74 Å². The van der Waals surface area contributed by atoms with Crippen LogP contribution in [-0.2, 0) is 20.7 Å². The number of rotatable bonds is 10. The number of benzene rings is 1. The first-order valence-corrected chi connectivity index (χ1v) is 11.8. The van der Waals surface area contributed by atoms with Crippen molar-refractivity contribution in [3.05, 3.63) is 57.8 Å². The van der Waals surface area contributed by atoms with Gasteiger partial charge in [-0.05, 0) is 48.8 Å². The minimum absolute atomic E-state index is 0.0153. The van der Waals surface area contributed by atoms with Crippen LogP contribution in [0, 0.1) is 0 Å². The highest BCUT2D eigenvalue weighted by atomic mass is 32.1. The maximum absolute atomic E-state index is 13.4. The van der Waals surface area contributed by atoms with Crippen LogP contribution in [0.15, 0.2) is 41.8 Å². The van der Waals surface area contributed by atoms with Crippen LogP contribution in [0.3, 0.4) is 0 Å². The number of fused-ring (bicyclic) bond motifs is 1. The van der Waals surface area contributed by atoms with E-state index in [0.29, 0.717) is 32.7 Å². The van der Waals surface area contributed by atoms with Crippen molar-refractivity contribution >= 4 is 23.2 Å². The molecule has 2 aromatic rings. The molecule has 3 rings (SSSR count). The highest BCUT2D eigenvalue weighted by molar-refractivity contribution is 7.10. The number of hydrogen-bond acceptors (Lipinski definition) is 4. The molecule has 1 aromatic carbocycles. The smallest absolute Gasteiger partial charge is 0.242 e. The molecule has 1 aliphatic heterocycles. The predicted octanol–water partition coefficient (Wildman–Crippen LogP) is 4.28. The van der Waals surface area contributed by atoms with Crippen LogP contribution in [0.25, 0.3) is 0 Å². The lowest BCUT2D eigenvalue weighted by molar-refractivity contribution is -0.142. The van der Waals surface area contributed by atoms with Gasteiger partial charge < -0.3 is 14.5 Å². The Morgan fingerprint density at radius 3 is 2.73 bits per heavy atom. The highest BCUT2D eigenvalue weighted by Crippen LogP contribution is 2.37. The van der Waals surface area contributed by atoms with Gasteiger partial charge in [-0.25, -0.2) is 0 Å². The van der Waals surface area contributed by atoms with Crippen LogP contribution >= 0.6 is 11.3 Å². The monoisotopic (exact) mass is 428 g/mol. The average Bonchev–Trinajstić information content (AvgIpc) is 3.24. The Morgan fingerprint density at radius 1 is 1.20 bits per heavy atom. The van der Waals surface area contributed by atoms with Gasteiger partial charge in [0.1, 0.15) is 0 Å². The van der Waals surface area contributed by atoms with E-state index in [2.05, 4.69) is 23.6 Å². The zero-order valence-electron chi connectivity index (χ0n) is 18.0. The normalized spacial score (nSPS) is 15.7. The van der Waals surface area contributed by atoms with E-state index in [1.807, 2.05) is 36.9 Å². The van der Waals surface area contributed by atoms with Gasteiger partial charge in [-0.2, -0.15) is 0 Å². The topological polar surface area (TPSA) is 49.9 Å². The third kappa shape index (κ3) is 5.49. The maximum atomic E-state index is 13.4. The fourth-order valence-electron chi connectivity index (χ4n) is 4.00. The van der Waals surface area contributed by atoms with E-state index in [1.165, 1.54) is 10.4 Å². The molecule has 0 spiro atoms. The molecule has 0 radical (unpaired) electrons. The van der Waals surface area contributed by atoms with Crippen molar-refractivity contribution in [3.63, 3.8) is 0 Å². The molecule has 5 nitrogen and oxygen atoms in total. The second-order valence-corrected chi connectivity index (χ2v) is 8.57. The van der Waals surface area contributed by atoms with E-state index in [-0.39, 0.29) is 24.4 Å². The highest BCUT2D eigenvalue weighted by Gasteiger charge is 2.33. The molecule has 30 heavy (non-hydrogen) atoms. The van der Waals surface area contributed by atoms with Gasteiger partial charge in [0.25, 0.3) is 0 Å². The second-order valence-electron chi connectivity index (χ2n) is 7.57. The molecule has 0 unspecified atom stereocenters. The Balaban J connectivity index is 1.77. The Kier molecular flexibility index (Phi) is 8.46. The molecule has 0 N–H and O–H groups in total. The van der Waals surface area contributed by atoms with E-state index < -0.39 is 0 Å². The number of hydrogen-bond donors (Lipinski definition) is 0. The molecule has 2 amide bonds. The number of ether oxygens (including phenoxy) is 1. The first-order chi connectivity index (χ1) is 14.7. The molecule has 6 heteroatoms. The average molecular weight is 429 g/mol. The van der Waals surface area contributed by atoms with Gasteiger partial charge in [0.05, 0.1) is 12.6 Å². The summed E-state index contributed by atoms with van der Waals surface area (Å²) in [5, 5.41) is 2.11. The molecule has 2 heterocycles. The van der Waals surface area contributed by atoms with Gasteiger partial charge in [0.2, 0.25) is 11.8 Å². The van der Waals surface area contributed by atoms with E-state index in [9.17, 15) is 9.59 Å². The van der Waals surface area contributed by atoms with Crippen LogP contribution < -0.4 is 0 Å². The van der Waals surface area contributed by atoms with Gasteiger partial charge in [0.15, 0.2) is 0 Å².